The molecule has 3 aromatic rings. The predicted molar refractivity (Wildman–Crippen MR) is 130 cm³/mol. The fourth-order valence-corrected chi connectivity index (χ4v) is 4.50. The van der Waals surface area contributed by atoms with Gasteiger partial charge in [0.1, 0.15) is 23.6 Å². The lowest BCUT2D eigenvalue weighted by molar-refractivity contribution is -0.137. The number of hydrogen-bond donors (Lipinski definition) is 1. The van der Waals surface area contributed by atoms with Crippen LogP contribution in [0.15, 0.2) is 66.7 Å². The first kappa shape index (κ1) is 23.6. The number of fused-ring (bicyclic) bond motifs is 1. The molecule has 0 spiro atoms. The van der Waals surface area contributed by atoms with E-state index in [2.05, 4.69) is 0 Å². The van der Waals surface area contributed by atoms with E-state index in [-0.39, 0.29) is 12.5 Å². The molecule has 1 amide bonds. The number of carboxylic acid groups (broad SMARTS) is 1. The number of amides is 1. The van der Waals surface area contributed by atoms with Crippen LogP contribution in [0.1, 0.15) is 34.0 Å². The molecule has 1 N–H and O–H groups in total. The first-order valence-corrected chi connectivity index (χ1v) is 11.3. The number of nitrogens with zero attached hydrogens (tertiary/aromatic N) is 1. The van der Waals surface area contributed by atoms with Crippen molar-refractivity contribution in [2.24, 2.45) is 0 Å². The molecule has 0 fully saturated rings. The average Bonchev–Trinajstić information content (AvgIpc) is 3.14. The van der Waals surface area contributed by atoms with Crippen LogP contribution in [0, 0.1) is 0 Å². The van der Waals surface area contributed by atoms with Crippen LogP contribution in [0.25, 0.3) is 0 Å². The van der Waals surface area contributed by atoms with Crippen LogP contribution in [0.3, 0.4) is 0 Å². The second-order valence-corrected chi connectivity index (χ2v) is 9.16. The Morgan fingerprint density at radius 2 is 1.85 bits per heavy atom. The number of benzene rings is 3. The minimum absolute atomic E-state index is 0.122. The largest absolute Gasteiger partial charge is 0.496 e. The summed E-state index contributed by atoms with van der Waals surface area (Å²) in [6.07, 6.45) is 1.33. The summed E-state index contributed by atoms with van der Waals surface area (Å²) in [4.78, 5) is 26.2. The molecule has 3 aromatic carbocycles. The number of hydrogen-bond acceptors (Lipinski definition) is 4. The fourth-order valence-electron chi connectivity index (χ4n) is 4.37. The second kappa shape index (κ2) is 9.77. The number of aliphatic carboxylic acids is 1. The zero-order chi connectivity index (χ0) is 24.3. The number of carbonyl (C=O) groups is 2. The Morgan fingerprint density at radius 3 is 2.56 bits per heavy atom. The number of methoxy groups -OCH3 is 1. The van der Waals surface area contributed by atoms with Gasteiger partial charge in [-0.3, -0.25) is 9.59 Å². The molecule has 0 saturated heterocycles. The Morgan fingerprint density at radius 1 is 1.12 bits per heavy atom. The molecule has 0 bridgehead atoms. The van der Waals surface area contributed by atoms with Crippen molar-refractivity contribution >= 4 is 23.5 Å². The number of carboxylic acids is 1. The molecule has 0 saturated carbocycles. The molecule has 1 unspecified atom stereocenters. The first-order valence-electron chi connectivity index (χ1n) is 11.0. The molecule has 0 aliphatic carbocycles. The van der Waals surface area contributed by atoms with E-state index in [1.807, 2.05) is 55.5 Å². The van der Waals surface area contributed by atoms with Gasteiger partial charge in [-0.15, -0.1) is 0 Å². The SMILES string of the molecule is COc1ccccc1CN(CC(=O)O)C(=O)c1ccc2c(c1)CC(C)(Cc1ccc(Cl)cc1)O2. The number of para-hydroxylation sites is 1. The highest BCUT2D eigenvalue weighted by Gasteiger charge is 2.35. The van der Waals surface area contributed by atoms with E-state index in [1.165, 1.54) is 4.90 Å². The highest BCUT2D eigenvalue weighted by molar-refractivity contribution is 6.30. The van der Waals surface area contributed by atoms with Crippen molar-refractivity contribution in [3.63, 3.8) is 0 Å². The van der Waals surface area contributed by atoms with E-state index in [9.17, 15) is 14.7 Å². The second-order valence-electron chi connectivity index (χ2n) is 8.72. The van der Waals surface area contributed by atoms with Crippen molar-refractivity contribution in [2.75, 3.05) is 13.7 Å². The quantitative estimate of drug-likeness (QED) is 0.491. The van der Waals surface area contributed by atoms with Crippen LogP contribution in [0.5, 0.6) is 11.5 Å². The summed E-state index contributed by atoms with van der Waals surface area (Å²) in [6, 6.07) is 20.2. The highest BCUT2D eigenvalue weighted by atomic mass is 35.5. The Kier molecular flexibility index (Phi) is 6.80. The third kappa shape index (κ3) is 5.34. The molecule has 4 rings (SSSR count). The fraction of sp³-hybridized carbons (Fsp3) is 0.259. The summed E-state index contributed by atoms with van der Waals surface area (Å²) >= 11 is 6.00. The molecular formula is C27H26ClNO5. The van der Waals surface area contributed by atoms with Gasteiger partial charge in [-0.25, -0.2) is 0 Å². The Hall–Kier alpha value is -3.51. The molecule has 0 radical (unpaired) electrons. The topological polar surface area (TPSA) is 76.1 Å². The lowest BCUT2D eigenvalue weighted by atomic mass is 9.91. The smallest absolute Gasteiger partial charge is 0.323 e. The van der Waals surface area contributed by atoms with E-state index in [0.717, 1.165) is 22.4 Å². The van der Waals surface area contributed by atoms with Crippen molar-refractivity contribution in [3.05, 3.63) is 94.0 Å². The molecule has 1 aliphatic rings. The molecule has 7 heteroatoms. The van der Waals surface area contributed by atoms with Crippen LogP contribution in [-0.2, 0) is 24.2 Å². The molecule has 6 nitrogen and oxygen atoms in total. The predicted octanol–water partition coefficient (Wildman–Crippen LogP) is 5.01. The van der Waals surface area contributed by atoms with E-state index in [4.69, 9.17) is 21.1 Å². The minimum atomic E-state index is -1.08. The van der Waals surface area contributed by atoms with Crippen molar-refractivity contribution in [2.45, 2.75) is 31.9 Å². The summed E-state index contributed by atoms with van der Waals surface area (Å²) in [7, 11) is 1.55. The van der Waals surface area contributed by atoms with E-state index >= 15 is 0 Å². The van der Waals surface area contributed by atoms with Gasteiger partial charge in [0, 0.05) is 29.0 Å². The highest BCUT2D eigenvalue weighted by Crippen LogP contribution is 2.38. The minimum Gasteiger partial charge on any atom is -0.496 e. The van der Waals surface area contributed by atoms with Gasteiger partial charge >= 0.3 is 5.97 Å². The van der Waals surface area contributed by atoms with Crippen LogP contribution in [0.2, 0.25) is 5.02 Å². The summed E-state index contributed by atoms with van der Waals surface area (Å²) in [5.74, 6) is -0.0979. The summed E-state index contributed by atoms with van der Waals surface area (Å²) in [5.41, 5.74) is 2.75. The van der Waals surface area contributed by atoms with Crippen molar-refractivity contribution in [1.29, 1.82) is 0 Å². The number of halogens is 1. The first-order chi connectivity index (χ1) is 16.3. The average molecular weight is 480 g/mol. The van der Waals surface area contributed by atoms with Crippen molar-refractivity contribution in [3.8, 4) is 11.5 Å². The molecule has 1 heterocycles. The normalized spacial score (nSPS) is 16.4. The van der Waals surface area contributed by atoms with Gasteiger partial charge in [0.05, 0.1) is 13.7 Å². The summed E-state index contributed by atoms with van der Waals surface area (Å²) in [6.45, 7) is 1.75. The maximum absolute atomic E-state index is 13.3. The standard InChI is InChI=1S/C27H26ClNO5/c1-27(14-18-7-10-22(28)11-8-18)15-21-13-19(9-12-24(21)34-27)26(32)29(17-25(30)31)16-20-5-3-4-6-23(20)33-2/h3-13H,14-17H2,1-2H3,(H,30,31). The Balaban J connectivity index is 1.54. The molecule has 176 valence electrons. The Bertz CT molecular complexity index is 1210. The molecule has 1 atom stereocenters. The molecular weight excluding hydrogens is 454 g/mol. The summed E-state index contributed by atoms with van der Waals surface area (Å²) in [5, 5.41) is 10.1. The lowest BCUT2D eigenvalue weighted by Gasteiger charge is -2.24. The maximum atomic E-state index is 13.3. The van der Waals surface area contributed by atoms with Gasteiger partial charge in [0.25, 0.3) is 5.91 Å². The monoisotopic (exact) mass is 479 g/mol. The number of ether oxygens (including phenoxy) is 2. The van der Waals surface area contributed by atoms with E-state index in [0.29, 0.717) is 29.2 Å². The zero-order valence-corrected chi connectivity index (χ0v) is 19.8. The lowest BCUT2D eigenvalue weighted by Crippen LogP contribution is -2.35. The van der Waals surface area contributed by atoms with E-state index < -0.39 is 18.1 Å². The number of rotatable bonds is 8. The van der Waals surface area contributed by atoms with Crippen LogP contribution >= 0.6 is 11.6 Å². The number of carbonyl (C=O) groups excluding carboxylic acids is 1. The Labute approximate surface area is 203 Å². The van der Waals surface area contributed by atoms with Crippen LogP contribution in [0.4, 0.5) is 0 Å². The third-order valence-corrected chi connectivity index (χ3v) is 6.14. The molecule has 0 aromatic heterocycles. The zero-order valence-electron chi connectivity index (χ0n) is 19.1. The van der Waals surface area contributed by atoms with E-state index in [1.54, 1.807) is 25.3 Å². The summed E-state index contributed by atoms with van der Waals surface area (Å²) < 4.78 is 11.6. The van der Waals surface area contributed by atoms with Crippen molar-refractivity contribution in [1.82, 2.24) is 4.90 Å². The van der Waals surface area contributed by atoms with Gasteiger partial charge in [-0.1, -0.05) is 41.9 Å². The van der Waals surface area contributed by atoms with Gasteiger partial charge in [-0.2, -0.15) is 0 Å². The third-order valence-electron chi connectivity index (χ3n) is 5.89. The molecule has 34 heavy (non-hydrogen) atoms. The van der Waals surface area contributed by atoms with Crippen LogP contribution < -0.4 is 9.47 Å². The van der Waals surface area contributed by atoms with Gasteiger partial charge < -0.3 is 19.5 Å². The van der Waals surface area contributed by atoms with Gasteiger partial charge in [0.2, 0.25) is 0 Å². The molecule has 1 aliphatic heterocycles. The van der Waals surface area contributed by atoms with Crippen molar-refractivity contribution < 1.29 is 24.2 Å². The maximum Gasteiger partial charge on any atom is 0.323 e. The van der Waals surface area contributed by atoms with Gasteiger partial charge in [0.15, 0.2) is 0 Å². The van der Waals surface area contributed by atoms with Gasteiger partial charge in [-0.05, 0) is 54.4 Å². The van der Waals surface area contributed by atoms with Crippen LogP contribution in [-0.4, -0.2) is 41.1 Å².